The molecule has 9 rings (SSSR count). The van der Waals surface area contributed by atoms with E-state index in [2.05, 4.69) is 71.5 Å². The quantitative estimate of drug-likeness (QED) is 0.0750. The molecule has 3 aliphatic heterocycles. The van der Waals surface area contributed by atoms with Crippen molar-refractivity contribution in [2.75, 3.05) is 88.9 Å². The number of carbonyl (C=O) groups is 4. The number of aromatic nitrogens is 4. The van der Waals surface area contributed by atoms with Crippen LogP contribution in [0.2, 0.25) is 0 Å². The van der Waals surface area contributed by atoms with Gasteiger partial charge in [-0.1, -0.05) is 30.3 Å². The van der Waals surface area contributed by atoms with Crippen molar-refractivity contribution < 1.29 is 23.6 Å². The number of rotatable bonds is 17. The predicted octanol–water partition coefficient (Wildman–Crippen LogP) is 5.71. The van der Waals surface area contributed by atoms with E-state index in [0.717, 1.165) is 124 Å². The van der Waals surface area contributed by atoms with Gasteiger partial charge in [0.1, 0.15) is 41.6 Å². The summed E-state index contributed by atoms with van der Waals surface area (Å²) in [6, 6.07) is 26.4. The number of nitrogens with one attached hydrogen (secondary N) is 2. The number of unbranched alkanes of at least 4 members (excludes halogenated alkanes) is 1. The van der Waals surface area contributed by atoms with Gasteiger partial charge < -0.3 is 45.6 Å². The highest BCUT2D eigenvalue weighted by molar-refractivity contribution is 6.02. The zero-order valence-electron chi connectivity index (χ0n) is 40.3. The summed E-state index contributed by atoms with van der Waals surface area (Å²) in [5.74, 6) is 0.510. The Labute approximate surface area is 408 Å². The maximum Gasteiger partial charge on any atom is 0.255 e. The van der Waals surface area contributed by atoms with Crippen LogP contribution >= 0.6 is 0 Å². The fraction of sp³-hybridized carbons (Fsp3) is 0.377. The monoisotopic (exact) mass is 951 g/mol. The Bertz CT molecular complexity index is 2790. The van der Waals surface area contributed by atoms with Crippen molar-refractivity contribution >= 4 is 52.7 Å². The van der Waals surface area contributed by atoms with E-state index in [-0.39, 0.29) is 24.1 Å². The summed E-state index contributed by atoms with van der Waals surface area (Å²) in [5, 5.41) is 6.10. The minimum absolute atomic E-state index is 0.181. The second kappa shape index (κ2) is 23.0. The first-order chi connectivity index (χ1) is 34.0. The lowest BCUT2D eigenvalue weighted by atomic mass is 10.1. The van der Waals surface area contributed by atoms with Gasteiger partial charge in [0.15, 0.2) is 5.65 Å². The molecule has 17 heteroatoms. The second-order valence-corrected chi connectivity index (χ2v) is 18.2. The molecule has 366 valence electrons. The number of pyridine rings is 2. The number of likely N-dealkylation sites (N-methyl/N-ethyl adjacent to an activating group) is 2. The number of hydrogen-bond donors (Lipinski definition) is 3. The molecule has 0 aliphatic carbocycles. The smallest absolute Gasteiger partial charge is 0.255 e. The van der Waals surface area contributed by atoms with Crippen LogP contribution in [0.5, 0.6) is 0 Å². The lowest BCUT2D eigenvalue weighted by Gasteiger charge is -2.34. The van der Waals surface area contributed by atoms with Crippen molar-refractivity contribution in [2.24, 2.45) is 0 Å². The number of benzene rings is 3. The molecule has 6 heterocycles. The maximum absolute atomic E-state index is 15.1. The molecule has 1 atom stereocenters. The molecular formula is C53H63FN12O4. The highest BCUT2D eigenvalue weighted by Crippen LogP contribution is 2.33. The zero-order valence-corrected chi connectivity index (χ0v) is 40.3. The number of nitrogen functional groups attached to an aromatic ring is 1. The minimum Gasteiger partial charge on any atom is -0.384 e. The topological polar surface area (TPSA) is 178 Å². The summed E-state index contributed by atoms with van der Waals surface area (Å²) in [6.07, 6.45) is 5.54. The number of fused-ring (bicyclic) bond motifs is 2. The van der Waals surface area contributed by atoms with Crippen LogP contribution in [0, 0.1) is 12.7 Å². The van der Waals surface area contributed by atoms with E-state index in [0.29, 0.717) is 54.3 Å². The summed E-state index contributed by atoms with van der Waals surface area (Å²) >= 11 is 0. The lowest BCUT2D eigenvalue weighted by molar-refractivity contribution is -0.125. The fourth-order valence-electron chi connectivity index (χ4n) is 9.47. The Morgan fingerprint density at radius 1 is 0.857 bits per heavy atom. The van der Waals surface area contributed by atoms with Crippen LogP contribution in [0.15, 0.2) is 91.1 Å². The van der Waals surface area contributed by atoms with Gasteiger partial charge >= 0.3 is 0 Å². The Hall–Kier alpha value is -7.08. The Morgan fingerprint density at radius 2 is 1.60 bits per heavy atom. The molecule has 4 N–H and O–H groups in total. The Kier molecular flexibility index (Phi) is 16.2. The van der Waals surface area contributed by atoms with E-state index in [1.54, 1.807) is 36.3 Å². The van der Waals surface area contributed by atoms with Gasteiger partial charge in [-0.2, -0.15) is 0 Å². The number of nitrogens with two attached hydrogens (primary N) is 1. The molecule has 3 aromatic heterocycles. The molecule has 1 unspecified atom stereocenters. The van der Waals surface area contributed by atoms with E-state index in [1.807, 2.05) is 54.0 Å². The number of halogens is 1. The van der Waals surface area contributed by atoms with Gasteiger partial charge in [0, 0.05) is 127 Å². The first-order valence-corrected chi connectivity index (χ1v) is 24.1. The number of amides is 2. The van der Waals surface area contributed by atoms with Crippen molar-refractivity contribution in [3.8, 4) is 16.9 Å². The highest BCUT2D eigenvalue weighted by Gasteiger charge is 2.37. The predicted molar refractivity (Wildman–Crippen MR) is 271 cm³/mol. The van der Waals surface area contributed by atoms with Gasteiger partial charge in [0.2, 0.25) is 5.91 Å². The second-order valence-electron chi connectivity index (χ2n) is 18.2. The first-order valence-electron chi connectivity index (χ1n) is 24.1. The van der Waals surface area contributed by atoms with Crippen LogP contribution < -0.4 is 21.3 Å². The number of anilines is 3. The Morgan fingerprint density at radius 3 is 2.31 bits per heavy atom. The van der Waals surface area contributed by atoms with Crippen molar-refractivity contribution in [1.29, 1.82) is 0 Å². The molecule has 3 aromatic carbocycles. The van der Waals surface area contributed by atoms with E-state index in [4.69, 9.17) is 10.7 Å². The summed E-state index contributed by atoms with van der Waals surface area (Å²) in [6.45, 7) is 12.4. The number of imidazole rings is 1. The van der Waals surface area contributed by atoms with Gasteiger partial charge in [-0.05, 0) is 93.0 Å². The Balaban J connectivity index is 0.000000193. The third-order valence-corrected chi connectivity index (χ3v) is 13.4. The number of hydrogen-bond acceptors (Lipinski definition) is 13. The summed E-state index contributed by atoms with van der Waals surface area (Å²) in [5.41, 5.74) is 15.0. The average molecular weight is 951 g/mol. The zero-order chi connectivity index (χ0) is 49.1. The lowest BCUT2D eigenvalue weighted by Crippen LogP contribution is -2.46. The normalized spacial score (nSPS) is 15.9. The summed E-state index contributed by atoms with van der Waals surface area (Å²) in [4.78, 5) is 71.3. The third-order valence-electron chi connectivity index (χ3n) is 13.4. The molecule has 2 fully saturated rings. The van der Waals surface area contributed by atoms with E-state index in [9.17, 15) is 19.2 Å². The van der Waals surface area contributed by atoms with Crippen molar-refractivity contribution in [3.05, 3.63) is 125 Å². The molecule has 0 bridgehead atoms. The average Bonchev–Trinajstić information content (AvgIpc) is 3.89. The molecule has 0 radical (unpaired) electrons. The maximum atomic E-state index is 15.1. The molecule has 2 saturated heterocycles. The molecule has 0 saturated carbocycles. The van der Waals surface area contributed by atoms with Crippen molar-refractivity contribution in [1.82, 2.24) is 44.4 Å². The van der Waals surface area contributed by atoms with Crippen LogP contribution in [0.3, 0.4) is 0 Å². The van der Waals surface area contributed by atoms with Crippen LogP contribution in [0.4, 0.5) is 21.6 Å². The van der Waals surface area contributed by atoms with Crippen LogP contribution in [-0.2, 0) is 34.0 Å². The van der Waals surface area contributed by atoms with E-state index < -0.39 is 6.04 Å². The first kappa shape index (κ1) is 49.3. The fourth-order valence-corrected chi connectivity index (χ4v) is 9.47. The molecule has 2 amide bonds. The van der Waals surface area contributed by atoms with Crippen LogP contribution in [-0.4, -0.2) is 143 Å². The number of nitrogens with zero attached hydrogens (tertiary/aromatic N) is 9. The van der Waals surface area contributed by atoms with Gasteiger partial charge in [-0.3, -0.25) is 19.1 Å². The van der Waals surface area contributed by atoms with Gasteiger partial charge in [-0.15, -0.1) is 0 Å². The molecular weight excluding hydrogens is 888 g/mol. The molecule has 70 heavy (non-hydrogen) atoms. The number of carbonyl (C=O) groups excluding carboxylic acids is 4. The van der Waals surface area contributed by atoms with Crippen molar-refractivity contribution in [3.63, 3.8) is 0 Å². The SMILES string of the molecule is CNC(=O)C(CCC=O)N1Cc2c(NCc3ccc(CN4CCN(CCCC=O)CC4)cc3)cccc2C1=O.Cc1nc2ccc(-c3ccnc(N)c3)nc2n1-c1ccc(N2CCN(C)CC2)c(F)c1. The molecule has 0 spiro atoms. The van der Waals surface area contributed by atoms with Crippen molar-refractivity contribution in [2.45, 2.75) is 58.3 Å². The number of piperazine rings is 2. The van der Waals surface area contributed by atoms with Gasteiger partial charge in [-0.25, -0.2) is 19.3 Å². The standard InChI is InChI=1S/C30H39N5O4.C23H24FN7/c1-31-29(38)28(8-5-19-37)35-22-26-25(30(35)39)6-4-7-27(26)32-20-23-9-11-24(12-10-23)21-34-16-14-33(15-17-34)13-2-3-18-36;1-15-27-20-5-4-19(16-7-8-26-22(25)13-16)28-23(20)31(15)17-3-6-21(18(24)14-17)30-11-9-29(2)10-12-30/h4,6-7,9-12,18-19,28,32H,2-3,5,8,13-17,20-22H2,1H3,(H,31,38);3-8,13-14H,9-12H2,1-2H3,(H2,25,26). The summed E-state index contributed by atoms with van der Waals surface area (Å²) < 4.78 is 17.0. The summed E-state index contributed by atoms with van der Waals surface area (Å²) in [7, 11) is 3.63. The number of aldehydes is 2. The number of aryl methyl sites for hydroxylation is 1. The largest absolute Gasteiger partial charge is 0.384 e. The van der Waals surface area contributed by atoms with E-state index in [1.165, 1.54) is 5.56 Å². The van der Waals surface area contributed by atoms with Gasteiger partial charge in [0.05, 0.1) is 17.1 Å². The third kappa shape index (κ3) is 11.7. The van der Waals surface area contributed by atoms with E-state index >= 15 is 4.39 Å². The molecule has 3 aliphatic rings. The molecule has 6 aromatic rings. The van der Waals surface area contributed by atoms with Crippen LogP contribution in [0.1, 0.15) is 58.6 Å². The highest BCUT2D eigenvalue weighted by atomic mass is 19.1. The van der Waals surface area contributed by atoms with Crippen LogP contribution in [0.25, 0.3) is 28.1 Å². The minimum atomic E-state index is -0.675. The molecule has 16 nitrogen and oxygen atoms in total. The van der Waals surface area contributed by atoms with Gasteiger partial charge in [0.25, 0.3) is 5.91 Å².